The second kappa shape index (κ2) is 8.45. The summed E-state index contributed by atoms with van der Waals surface area (Å²) < 4.78 is 34.8. The van der Waals surface area contributed by atoms with Crippen LogP contribution in [-0.2, 0) is 30.0 Å². The Balaban J connectivity index is 1.60. The van der Waals surface area contributed by atoms with Crippen molar-refractivity contribution in [3.8, 4) is 0 Å². The van der Waals surface area contributed by atoms with Gasteiger partial charge in [0.05, 0.1) is 22.8 Å². The number of rotatable bonds is 4. The van der Waals surface area contributed by atoms with Gasteiger partial charge in [-0.3, -0.25) is 19.1 Å². The fraction of sp³-hybridized carbons (Fsp3) is 0.429. The lowest BCUT2D eigenvalue weighted by atomic mass is 9.88. The van der Waals surface area contributed by atoms with E-state index in [1.807, 2.05) is 0 Å². The molecule has 0 radical (unpaired) electrons. The average molecular weight is 567 g/mol. The van der Waals surface area contributed by atoms with E-state index in [4.69, 9.17) is 4.74 Å². The van der Waals surface area contributed by atoms with Gasteiger partial charge in [0.25, 0.3) is 5.56 Å². The number of esters is 1. The summed E-state index contributed by atoms with van der Waals surface area (Å²) in [4.78, 5) is 47.4. The number of carbonyl (C=O) groups is 2. The molecule has 4 atom stereocenters. The highest BCUT2D eigenvalue weighted by Gasteiger charge is 2.72. The first kappa shape index (κ1) is 26.6. The van der Waals surface area contributed by atoms with Gasteiger partial charge < -0.3 is 9.84 Å². The number of hydrogen-bond donors (Lipinski definition) is 1. The third kappa shape index (κ3) is 3.39. The van der Waals surface area contributed by atoms with Crippen LogP contribution in [0.2, 0.25) is 0 Å². The number of ether oxygens (including phenoxy) is 1. The number of para-hydroxylation sites is 2. The first-order valence-corrected chi connectivity index (χ1v) is 14.9. The highest BCUT2D eigenvalue weighted by atomic mass is 32.2. The molecular formula is C28H30N4O7S. The average Bonchev–Trinajstić information content (AvgIpc) is 3.44. The number of carbonyl (C=O) groups excluding carboxylic acids is 2. The molecule has 11 nitrogen and oxygen atoms in total. The van der Waals surface area contributed by atoms with Crippen molar-refractivity contribution in [3.63, 3.8) is 0 Å². The van der Waals surface area contributed by atoms with Crippen LogP contribution in [0.25, 0.3) is 10.9 Å². The number of aliphatic hydroxyl groups excluding tert-OH is 1. The maximum absolute atomic E-state index is 13.9. The van der Waals surface area contributed by atoms with Crippen molar-refractivity contribution < 1.29 is 27.9 Å². The molecule has 0 saturated carbocycles. The van der Waals surface area contributed by atoms with E-state index < -0.39 is 56.9 Å². The van der Waals surface area contributed by atoms with Gasteiger partial charge in [-0.15, -0.1) is 0 Å². The first-order chi connectivity index (χ1) is 18.7. The van der Waals surface area contributed by atoms with Crippen LogP contribution < -0.4 is 10.5 Å². The van der Waals surface area contributed by atoms with Crippen LogP contribution in [0.5, 0.6) is 0 Å². The summed E-state index contributed by atoms with van der Waals surface area (Å²) >= 11 is 0. The van der Waals surface area contributed by atoms with Crippen LogP contribution in [0, 0.1) is 5.92 Å². The zero-order chi connectivity index (χ0) is 28.9. The molecule has 2 fully saturated rings. The van der Waals surface area contributed by atoms with E-state index >= 15 is 0 Å². The summed E-state index contributed by atoms with van der Waals surface area (Å²) in [5.74, 6) is -1.54. The Morgan fingerprint density at radius 1 is 1.05 bits per heavy atom. The largest absolute Gasteiger partial charge is 0.449 e. The molecule has 3 aromatic rings. The predicted octanol–water partition coefficient (Wildman–Crippen LogP) is 2.20. The third-order valence-electron chi connectivity index (χ3n) is 8.25. The van der Waals surface area contributed by atoms with Gasteiger partial charge in [-0.1, -0.05) is 44.2 Å². The molecule has 1 aromatic heterocycles. The van der Waals surface area contributed by atoms with Gasteiger partial charge in [-0.2, -0.15) is 4.31 Å². The summed E-state index contributed by atoms with van der Waals surface area (Å²) in [6.07, 6.45) is -1.50. The van der Waals surface area contributed by atoms with Gasteiger partial charge in [-0.05, 0) is 38.0 Å². The smallest absolute Gasteiger partial charge is 0.330 e. The van der Waals surface area contributed by atoms with Crippen LogP contribution in [0.3, 0.4) is 0 Å². The molecule has 0 aliphatic carbocycles. The van der Waals surface area contributed by atoms with E-state index in [1.54, 1.807) is 62.4 Å². The fourth-order valence-corrected chi connectivity index (χ4v) is 8.01. The zero-order valence-electron chi connectivity index (χ0n) is 22.7. The molecule has 2 aromatic carbocycles. The number of anilines is 1. The van der Waals surface area contributed by atoms with Crippen molar-refractivity contribution in [2.75, 3.05) is 11.2 Å². The highest BCUT2D eigenvalue weighted by molar-refractivity contribution is 7.88. The molecule has 6 rings (SSSR count). The lowest BCUT2D eigenvalue weighted by molar-refractivity contribution is -0.154. The van der Waals surface area contributed by atoms with E-state index in [-0.39, 0.29) is 23.5 Å². The molecule has 1 amide bonds. The maximum Gasteiger partial charge on any atom is 0.330 e. The van der Waals surface area contributed by atoms with Crippen molar-refractivity contribution in [1.82, 2.24) is 13.9 Å². The summed E-state index contributed by atoms with van der Waals surface area (Å²) in [6.45, 7) is 6.58. The quantitative estimate of drug-likeness (QED) is 0.474. The molecule has 3 aliphatic heterocycles. The van der Waals surface area contributed by atoms with Crippen molar-refractivity contribution in [2.24, 2.45) is 5.92 Å². The van der Waals surface area contributed by atoms with Crippen LogP contribution >= 0.6 is 0 Å². The van der Waals surface area contributed by atoms with Crippen LogP contribution in [0.4, 0.5) is 5.69 Å². The molecular weight excluding hydrogens is 536 g/mol. The normalized spacial score (nSPS) is 26.5. The van der Waals surface area contributed by atoms with E-state index in [0.29, 0.717) is 16.8 Å². The molecule has 12 heteroatoms. The lowest BCUT2D eigenvalue weighted by Crippen LogP contribution is -2.55. The molecule has 1 N–H and O–H groups in total. The van der Waals surface area contributed by atoms with Crippen molar-refractivity contribution in [1.29, 1.82) is 0 Å². The van der Waals surface area contributed by atoms with Crippen LogP contribution in [0.15, 0.2) is 53.3 Å². The fourth-order valence-electron chi connectivity index (χ4n) is 6.48. The van der Waals surface area contributed by atoms with E-state index in [9.17, 15) is 27.9 Å². The molecule has 0 unspecified atom stereocenters. The summed E-state index contributed by atoms with van der Waals surface area (Å²) in [5.41, 5.74) is -2.29. The molecule has 40 heavy (non-hydrogen) atoms. The van der Waals surface area contributed by atoms with Crippen molar-refractivity contribution in [2.45, 2.75) is 63.6 Å². The Labute approximate surface area is 231 Å². The van der Waals surface area contributed by atoms with Crippen molar-refractivity contribution >= 4 is 38.5 Å². The van der Waals surface area contributed by atoms with E-state index in [1.165, 1.54) is 23.3 Å². The van der Waals surface area contributed by atoms with Crippen molar-refractivity contribution in [3.05, 3.63) is 70.3 Å². The molecule has 0 bridgehead atoms. The Morgan fingerprint density at radius 3 is 2.38 bits per heavy atom. The molecule has 3 aliphatic rings. The Kier molecular flexibility index (Phi) is 5.62. The van der Waals surface area contributed by atoms with Crippen LogP contribution in [0.1, 0.15) is 57.6 Å². The van der Waals surface area contributed by atoms with Gasteiger partial charge in [0, 0.05) is 12.0 Å². The number of aliphatic hydroxyl groups is 1. The number of fused-ring (bicyclic) bond motifs is 6. The number of hydrogen-bond acceptors (Lipinski definition) is 8. The van der Waals surface area contributed by atoms with E-state index in [0.717, 1.165) is 10.6 Å². The molecule has 4 heterocycles. The monoisotopic (exact) mass is 566 g/mol. The number of nitrogens with zero attached hydrogens (tertiary/aromatic N) is 4. The van der Waals surface area contributed by atoms with Crippen LogP contribution in [-0.4, -0.2) is 57.2 Å². The first-order valence-electron chi connectivity index (χ1n) is 13.1. The second-order valence-corrected chi connectivity index (χ2v) is 13.4. The van der Waals surface area contributed by atoms with Gasteiger partial charge in [0.2, 0.25) is 15.9 Å². The summed E-state index contributed by atoms with van der Waals surface area (Å²) in [7, 11) is -3.99. The number of benzene rings is 2. The van der Waals surface area contributed by atoms with Gasteiger partial charge in [0.15, 0.2) is 5.60 Å². The minimum absolute atomic E-state index is 0.0173. The van der Waals surface area contributed by atoms with Gasteiger partial charge in [-0.25, -0.2) is 18.2 Å². The minimum Gasteiger partial charge on any atom is -0.449 e. The molecule has 1 spiro atoms. The predicted molar refractivity (Wildman–Crippen MR) is 146 cm³/mol. The topological polar surface area (TPSA) is 139 Å². The lowest BCUT2D eigenvalue weighted by Gasteiger charge is -2.37. The summed E-state index contributed by atoms with van der Waals surface area (Å²) in [6, 6.07) is 12.3. The number of amides is 1. The Morgan fingerprint density at radius 2 is 1.70 bits per heavy atom. The molecule has 2 saturated heterocycles. The molecule has 210 valence electrons. The standard InChI is InChI=1S/C28H30N4O7S/c1-15(2)21(33)22-29-18-12-8-6-10-16(18)23(34)30(22)20-14-28(39-24(20)35)17-11-7-9-13-19(17)31-25(28)32(40(5,37)38)27(3,4)26(31)36/h6-13,15,20-21,25,33H,14H2,1-5H3/t20-,21-,25-,28-/m0/s1. The Bertz CT molecular complexity index is 1770. The minimum atomic E-state index is -3.99. The summed E-state index contributed by atoms with van der Waals surface area (Å²) in [5, 5.41) is 11.4. The Hall–Kier alpha value is -3.61. The van der Waals surface area contributed by atoms with Gasteiger partial charge in [0.1, 0.15) is 29.7 Å². The SMILES string of the molecule is CC(C)[C@H](O)c1nc2ccccc2c(=O)n1[C@H]1C[C@]2(OC1=O)c1ccccc1N1C(=O)C(C)(C)N(S(C)(=O)=O)[C@H]12. The zero-order valence-corrected chi connectivity index (χ0v) is 23.5. The van der Waals surface area contributed by atoms with E-state index in [2.05, 4.69) is 4.98 Å². The second-order valence-electron chi connectivity index (χ2n) is 11.6. The van der Waals surface area contributed by atoms with Gasteiger partial charge >= 0.3 is 5.97 Å². The number of sulfonamides is 1. The third-order valence-corrected chi connectivity index (χ3v) is 9.62. The maximum atomic E-state index is 13.9. The highest BCUT2D eigenvalue weighted by Crippen LogP contribution is 2.59. The number of aromatic nitrogens is 2.